The number of anilines is 2. The highest BCUT2D eigenvalue weighted by atomic mass is 19.1. The van der Waals surface area contributed by atoms with Crippen LogP contribution in [0.2, 0.25) is 0 Å². The fraction of sp³-hybridized carbons (Fsp3) is 0.167. The summed E-state index contributed by atoms with van der Waals surface area (Å²) >= 11 is 0. The Bertz CT molecular complexity index is 721. The molecule has 2 aromatic carbocycles. The molecule has 0 aromatic heterocycles. The lowest BCUT2D eigenvalue weighted by molar-refractivity contribution is -0.0118. The lowest BCUT2D eigenvalue weighted by atomic mass is 10.2. The third-order valence-corrected chi connectivity index (χ3v) is 3.35. The second kappa shape index (κ2) is 7.99. The van der Waals surface area contributed by atoms with E-state index in [2.05, 4.69) is 11.2 Å². The summed E-state index contributed by atoms with van der Waals surface area (Å²) in [4.78, 5) is 13.4. The van der Waals surface area contributed by atoms with Gasteiger partial charge in [0.2, 0.25) is 0 Å². The Hall–Kier alpha value is -3.04. The van der Waals surface area contributed by atoms with Crippen LogP contribution in [0.1, 0.15) is 5.56 Å². The molecule has 24 heavy (non-hydrogen) atoms. The van der Waals surface area contributed by atoms with Crippen LogP contribution in [0, 0.1) is 18.2 Å². The van der Waals surface area contributed by atoms with Gasteiger partial charge in [-0.3, -0.25) is 5.21 Å². The zero-order valence-electron chi connectivity index (χ0n) is 13.2. The maximum absolute atomic E-state index is 13.0. The van der Waals surface area contributed by atoms with Gasteiger partial charge >= 0.3 is 6.03 Å². The monoisotopic (exact) mass is 327 g/mol. The molecule has 2 N–H and O–H groups in total. The number of terminal acetylenes is 1. The maximum Gasteiger partial charge on any atom is 0.345 e. The first kappa shape index (κ1) is 17.3. The SMILES string of the molecule is C#CCN(Cc1ccc(F)cc1)c1ccc(NC(=O)N(C)O)cc1. The van der Waals surface area contributed by atoms with Crippen molar-refractivity contribution in [1.29, 1.82) is 0 Å². The number of rotatable bonds is 5. The zero-order chi connectivity index (χ0) is 17.5. The first-order chi connectivity index (χ1) is 11.5. The van der Waals surface area contributed by atoms with Crippen molar-refractivity contribution in [3.8, 4) is 12.3 Å². The molecule has 5 nitrogen and oxygen atoms in total. The van der Waals surface area contributed by atoms with E-state index >= 15 is 0 Å². The number of halogens is 1. The molecular formula is C18H18FN3O2. The topological polar surface area (TPSA) is 55.8 Å². The quantitative estimate of drug-likeness (QED) is 0.503. The minimum Gasteiger partial charge on any atom is -0.356 e. The van der Waals surface area contributed by atoms with Crippen LogP contribution in [-0.4, -0.2) is 29.9 Å². The predicted molar refractivity (Wildman–Crippen MR) is 91.3 cm³/mol. The Balaban J connectivity index is 2.11. The van der Waals surface area contributed by atoms with Crippen molar-refractivity contribution in [3.63, 3.8) is 0 Å². The number of hydrogen-bond acceptors (Lipinski definition) is 3. The summed E-state index contributed by atoms with van der Waals surface area (Å²) in [6.07, 6.45) is 5.43. The van der Waals surface area contributed by atoms with Crippen LogP contribution in [-0.2, 0) is 6.54 Å². The van der Waals surface area contributed by atoms with E-state index in [1.807, 2.05) is 17.0 Å². The van der Waals surface area contributed by atoms with E-state index in [1.165, 1.54) is 19.2 Å². The molecule has 0 spiro atoms. The van der Waals surface area contributed by atoms with Crippen LogP contribution in [0.3, 0.4) is 0 Å². The molecule has 2 amide bonds. The van der Waals surface area contributed by atoms with E-state index < -0.39 is 6.03 Å². The summed E-state index contributed by atoms with van der Waals surface area (Å²) < 4.78 is 13.0. The number of carbonyl (C=O) groups is 1. The summed E-state index contributed by atoms with van der Waals surface area (Å²) in [7, 11) is 1.24. The Morgan fingerprint density at radius 1 is 1.21 bits per heavy atom. The van der Waals surface area contributed by atoms with Crippen molar-refractivity contribution in [2.24, 2.45) is 0 Å². The average Bonchev–Trinajstić information content (AvgIpc) is 2.57. The lowest BCUT2D eigenvalue weighted by Gasteiger charge is -2.23. The van der Waals surface area contributed by atoms with Gasteiger partial charge in [-0.1, -0.05) is 18.1 Å². The highest BCUT2D eigenvalue weighted by Crippen LogP contribution is 2.20. The molecule has 0 unspecified atom stereocenters. The molecule has 0 heterocycles. The Labute approximate surface area is 140 Å². The second-order valence-corrected chi connectivity index (χ2v) is 5.19. The smallest absolute Gasteiger partial charge is 0.345 e. The second-order valence-electron chi connectivity index (χ2n) is 5.19. The number of amides is 2. The van der Waals surface area contributed by atoms with Crippen LogP contribution >= 0.6 is 0 Å². The summed E-state index contributed by atoms with van der Waals surface area (Å²) in [5.41, 5.74) is 2.35. The van der Waals surface area contributed by atoms with Gasteiger partial charge in [-0.15, -0.1) is 6.42 Å². The number of carbonyl (C=O) groups excluding carboxylic acids is 1. The minimum atomic E-state index is -0.630. The van der Waals surface area contributed by atoms with Crippen molar-refractivity contribution in [1.82, 2.24) is 5.06 Å². The van der Waals surface area contributed by atoms with E-state index in [-0.39, 0.29) is 5.82 Å². The molecule has 0 saturated carbocycles. The molecule has 0 aliphatic rings. The number of hydrogen-bond donors (Lipinski definition) is 2. The Morgan fingerprint density at radius 2 is 1.83 bits per heavy atom. The van der Waals surface area contributed by atoms with Crippen molar-refractivity contribution in [2.45, 2.75) is 6.54 Å². The van der Waals surface area contributed by atoms with Crippen molar-refractivity contribution >= 4 is 17.4 Å². The van der Waals surface area contributed by atoms with Crippen molar-refractivity contribution in [2.75, 3.05) is 23.8 Å². The van der Waals surface area contributed by atoms with Gasteiger partial charge in [0.1, 0.15) is 5.82 Å². The molecular weight excluding hydrogens is 309 g/mol. The maximum atomic E-state index is 13.0. The molecule has 0 atom stereocenters. The fourth-order valence-electron chi connectivity index (χ4n) is 2.12. The van der Waals surface area contributed by atoms with E-state index in [0.29, 0.717) is 23.8 Å². The van der Waals surface area contributed by atoms with E-state index in [0.717, 1.165) is 11.3 Å². The van der Waals surface area contributed by atoms with E-state index in [4.69, 9.17) is 11.6 Å². The number of hydroxylamine groups is 2. The summed E-state index contributed by atoms with van der Waals surface area (Å²) in [5.74, 6) is 2.32. The van der Waals surface area contributed by atoms with Crippen molar-refractivity contribution in [3.05, 3.63) is 59.9 Å². The first-order valence-electron chi connectivity index (χ1n) is 7.26. The molecule has 6 heteroatoms. The third kappa shape index (κ3) is 4.73. The van der Waals surface area contributed by atoms with E-state index in [9.17, 15) is 9.18 Å². The summed E-state index contributed by atoms with van der Waals surface area (Å²) in [6.45, 7) is 0.929. The molecule has 2 rings (SSSR count). The van der Waals surface area contributed by atoms with Gasteiger partial charge in [0.25, 0.3) is 0 Å². The van der Waals surface area contributed by atoms with Crippen LogP contribution < -0.4 is 10.2 Å². The average molecular weight is 327 g/mol. The van der Waals surface area contributed by atoms with Gasteiger partial charge in [0, 0.05) is 25.0 Å². The standard InChI is InChI=1S/C18H18FN3O2/c1-3-12-22(13-14-4-6-15(19)7-5-14)17-10-8-16(9-11-17)20-18(23)21(2)24/h1,4-11,24H,12-13H2,2H3,(H,20,23). The summed E-state index contributed by atoms with van der Waals surface area (Å²) in [5, 5.41) is 12.0. The summed E-state index contributed by atoms with van der Waals surface area (Å²) in [6, 6.07) is 12.7. The number of urea groups is 1. The number of nitrogens with one attached hydrogen (secondary N) is 1. The molecule has 0 fully saturated rings. The molecule has 0 radical (unpaired) electrons. The lowest BCUT2D eigenvalue weighted by Crippen LogP contribution is -2.28. The van der Waals surface area contributed by atoms with Crippen LogP contribution in [0.4, 0.5) is 20.6 Å². The largest absolute Gasteiger partial charge is 0.356 e. The zero-order valence-corrected chi connectivity index (χ0v) is 13.2. The predicted octanol–water partition coefficient (Wildman–Crippen LogP) is 3.32. The van der Waals surface area contributed by atoms with E-state index in [1.54, 1.807) is 24.3 Å². The first-order valence-corrected chi connectivity index (χ1v) is 7.26. The highest BCUT2D eigenvalue weighted by molar-refractivity contribution is 5.88. The molecule has 0 bridgehead atoms. The molecule has 0 saturated heterocycles. The third-order valence-electron chi connectivity index (χ3n) is 3.35. The van der Waals surface area contributed by atoms with Gasteiger partial charge in [-0.25, -0.2) is 14.2 Å². The number of nitrogens with zero attached hydrogens (tertiary/aromatic N) is 2. The van der Waals surface area contributed by atoms with Gasteiger partial charge in [0.15, 0.2) is 0 Å². The minimum absolute atomic E-state index is 0.281. The van der Waals surface area contributed by atoms with Gasteiger partial charge < -0.3 is 10.2 Å². The molecule has 2 aromatic rings. The number of benzene rings is 2. The van der Waals surface area contributed by atoms with Crippen LogP contribution in [0.5, 0.6) is 0 Å². The highest BCUT2D eigenvalue weighted by Gasteiger charge is 2.09. The van der Waals surface area contributed by atoms with Gasteiger partial charge in [-0.05, 0) is 42.0 Å². The Morgan fingerprint density at radius 3 is 2.38 bits per heavy atom. The normalized spacial score (nSPS) is 9.92. The fourth-order valence-corrected chi connectivity index (χ4v) is 2.12. The van der Waals surface area contributed by atoms with Gasteiger partial charge in [-0.2, -0.15) is 0 Å². The Kier molecular flexibility index (Phi) is 5.77. The molecule has 124 valence electrons. The van der Waals surface area contributed by atoms with Crippen molar-refractivity contribution < 1.29 is 14.4 Å². The molecule has 0 aliphatic heterocycles. The van der Waals surface area contributed by atoms with Crippen LogP contribution in [0.25, 0.3) is 0 Å². The van der Waals surface area contributed by atoms with Gasteiger partial charge in [0.05, 0.1) is 6.54 Å². The molecule has 0 aliphatic carbocycles. The van der Waals surface area contributed by atoms with Crippen LogP contribution in [0.15, 0.2) is 48.5 Å².